The second kappa shape index (κ2) is 5.59. The van der Waals surface area contributed by atoms with Gasteiger partial charge in [0.1, 0.15) is 5.75 Å². The summed E-state index contributed by atoms with van der Waals surface area (Å²) in [5.74, 6) is 2.72. The molecule has 3 rings (SSSR count). The molecule has 0 amide bonds. The van der Waals surface area contributed by atoms with Crippen molar-refractivity contribution in [2.75, 3.05) is 0 Å². The first-order valence-electron chi connectivity index (χ1n) is 7.95. The molecule has 0 heterocycles. The molecule has 2 heteroatoms. The topological polar surface area (TPSA) is 26.3 Å². The molecule has 0 N–H and O–H groups in total. The van der Waals surface area contributed by atoms with E-state index in [4.69, 9.17) is 4.74 Å². The molecule has 0 saturated heterocycles. The summed E-state index contributed by atoms with van der Waals surface area (Å²) < 4.78 is 6.29. The summed E-state index contributed by atoms with van der Waals surface area (Å²) in [4.78, 5) is 12.0. The highest BCUT2D eigenvalue weighted by Gasteiger charge is 2.27. The molecule has 0 aromatic heterocycles. The van der Waals surface area contributed by atoms with E-state index < -0.39 is 0 Å². The van der Waals surface area contributed by atoms with Crippen LogP contribution in [0.3, 0.4) is 0 Å². The van der Waals surface area contributed by atoms with Crippen molar-refractivity contribution in [2.45, 2.75) is 58.5 Å². The van der Waals surface area contributed by atoms with E-state index in [0.29, 0.717) is 12.5 Å². The van der Waals surface area contributed by atoms with Gasteiger partial charge in [0.25, 0.3) is 0 Å². The van der Waals surface area contributed by atoms with E-state index in [1.807, 2.05) is 18.2 Å². The lowest BCUT2D eigenvalue weighted by atomic mass is 9.81. The molecular formula is C18H24O2. The first kappa shape index (κ1) is 13.7. The van der Waals surface area contributed by atoms with Crippen LogP contribution >= 0.6 is 0 Å². The van der Waals surface area contributed by atoms with Crippen molar-refractivity contribution in [3.63, 3.8) is 0 Å². The van der Waals surface area contributed by atoms with Crippen molar-refractivity contribution >= 4 is 5.78 Å². The third-order valence-corrected chi connectivity index (χ3v) is 4.69. The van der Waals surface area contributed by atoms with Crippen LogP contribution in [-0.2, 0) is 6.42 Å². The average molecular weight is 272 g/mol. The number of rotatable bonds is 2. The number of carbonyl (C=O) groups is 1. The highest BCUT2D eigenvalue weighted by atomic mass is 16.5. The summed E-state index contributed by atoms with van der Waals surface area (Å²) in [6.07, 6.45) is 6.54. The fourth-order valence-electron chi connectivity index (χ4n) is 3.90. The Morgan fingerprint density at radius 3 is 2.55 bits per heavy atom. The van der Waals surface area contributed by atoms with Crippen molar-refractivity contribution < 1.29 is 9.53 Å². The van der Waals surface area contributed by atoms with Crippen molar-refractivity contribution in [3.8, 4) is 5.75 Å². The maximum Gasteiger partial charge on any atom is 0.163 e. The fourth-order valence-corrected chi connectivity index (χ4v) is 3.90. The van der Waals surface area contributed by atoms with E-state index in [9.17, 15) is 4.79 Å². The van der Waals surface area contributed by atoms with Gasteiger partial charge in [-0.15, -0.1) is 0 Å². The zero-order valence-electron chi connectivity index (χ0n) is 12.5. The van der Waals surface area contributed by atoms with E-state index in [1.54, 1.807) is 0 Å². The predicted octanol–water partition coefficient (Wildman–Crippen LogP) is 4.41. The Morgan fingerprint density at radius 2 is 1.80 bits per heavy atom. The number of benzene rings is 1. The molecule has 0 aliphatic heterocycles. The molecule has 1 saturated carbocycles. The molecule has 2 unspecified atom stereocenters. The number of Topliss-reactive ketones (excluding diaryl/α,β-unsaturated/α-hetero) is 1. The van der Waals surface area contributed by atoms with Crippen LogP contribution < -0.4 is 4.74 Å². The normalized spacial score (nSPS) is 29.9. The van der Waals surface area contributed by atoms with Crippen molar-refractivity contribution in [1.82, 2.24) is 0 Å². The summed E-state index contributed by atoms with van der Waals surface area (Å²) in [5.41, 5.74) is 2.04. The van der Waals surface area contributed by atoms with Crippen LogP contribution in [0.4, 0.5) is 0 Å². The maximum absolute atomic E-state index is 12.0. The van der Waals surface area contributed by atoms with Gasteiger partial charge in [-0.3, -0.25) is 4.79 Å². The van der Waals surface area contributed by atoms with Gasteiger partial charge in [-0.25, -0.2) is 0 Å². The lowest BCUT2D eigenvalue weighted by molar-refractivity contribution is 0.0944. The second-order valence-corrected chi connectivity index (χ2v) is 6.72. The Labute approximate surface area is 121 Å². The third-order valence-electron chi connectivity index (χ3n) is 4.69. The second-order valence-electron chi connectivity index (χ2n) is 6.72. The van der Waals surface area contributed by atoms with Gasteiger partial charge < -0.3 is 4.74 Å². The molecule has 1 aromatic rings. The summed E-state index contributed by atoms with van der Waals surface area (Å²) in [6, 6.07) is 5.96. The van der Waals surface area contributed by atoms with E-state index in [1.165, 1.54) is 6.42 Å². The van der Waals surface area contributed by atoms with Crippen LogP contribution in [0, 0.1) is 11.8 Å². The Bertz CT molecular complexity index is 496. The molecule has 1 aromatic carbocycles. The average Bonchev–Trinajstić information content (AvgIpc) is 2.39. The highest BCUT2D eigenvalue weighted by Crippen LogP contribution is 2.35. The molecule has 2 aliphatic carbocycles. The Balaban J connectivity index is 1.81. The van der Waals surface area contributed by atoms with Gasteiger partial charge in [0, 0.05) is 17.5 Å². The number of hydrogen-bond donors (Lipinski definition) is 0. The van der Waals surface area contributed by atoms with Gasteiger partial charge in [-0.1, -0.05) is 26.0 Å². The molecular weight excluding hydrogens is 248 g/mol. The standard InChI is InChI=1S/C18H24O2/c1-12-9-13(2)11-14(10-12)20-18-8-4-5-15-16(18)6-3-7-17(15)19/h4-5,8,12-14H,3,6-7,9-11H2,1-2H3. The lowest BCUT2D eigenvalue weighted by Crippen LogP contribution is -2.29. The molecule has 1 fully saturated rings. The molecule has 108 valence electrons. The van der Waals surface area contributed by atoms with Crippen LogP contribution in [0.1, 0.15) is 61.9 Å². The quantitative estimate of drug-likeness (QED) is 0.797. The fraction of sp³-hybridized carbons (Fsp3) is 0.611. The van der Waals surface area contributed by atoms with Gasteiger partial charge in [-0.2, -0.15) is 0 Å². The summed E-state index contributed by atoms with van der Waals surface area (Å²) in [5, 5.41) is 0. The number of carbonyl (C=O) groups excluding carboxylic acids is 1. The monoisotopic (exact) mass is 272 g/mol. The molecule has 0 bridgehead atoms. The Hall–Kier alpha value is -1.31. The van der Waals surface area contributed by atoms with E-state index in [0.717, 1.165) is 54.4 Å². The van der Waals surface area contributed by atoms with E-state index >= 15 is 0 Å². The van der Waals surface area contributed by atoms with Gasteiger partial charge >= 0.3 is 0 Å². The number of ether oxygens (including phenoxy) is 1. The Morgan fingerprint density at radius 1 is 1.05 bits per heavy atom. The molecule has 20 heavy (non-hydrogen) atoms. The minimum absolute atomic E-state index is 0.280. The van der Waals surface area contributed by atoms with Crippen LogP contribution in [0.15, 0.2) is 18.2 Å². The molecule has 2 nitrogen and oxygen atoms in total. The number of fused-ring (bicyclic) bond motifs is 1. The third kappa shape index (κ3) is 2.74. The lowest BCUT2D eigenvalue weighted by Gasteiger charge is -2.32. The zero-order chi connectivity index (χ0) is 14.1. The number of ketones is 1. The van der Waals surface area contributed by atoms with Gasteiger partial charge in [0.15, 0.2) is 5.78 Å². The summed E-state index contributed by atoms with van der Waals surface area (Å²) in [7, 11) is 0. The van der Waals surface area contributed by atoms with Crippen LogP contribution in [0.2, 0.25) is 0 Å². The smallest absolute Gasteiger partial charge is 0.163 e. The molecule has 0 spiro atoms. The van der Waals surface area contributed by atoms with Crippen molar-refractivity contribution in [1.29, 1.82) is 0 Å². The maximum atomic E-state index is 12.0. The van der Waals surface area contributed by atoms with Crippen LogP contribution in [-0.4, -0.2) is 11.9 Å². The van der Waals surface area contributed by atoms with E-state index in [-0.39, 0.29) is 5.78 Å². The SMILES string of the molecule is CC1CC(C)CC(Oc2cccc3c2CCCC3=O)C1. The van der Waals surface area contributed by atoms with Gasteiger partial charge in [-0.05, 0) is 50.0 Å². The van der Waals surface area contributed by atoms with Crippen molar-refractivity contribution in [3.05, 3.63) is 29.3 Å². The van der Waals surface area contributed by atoms with Crippen LogP contribution in [0.25, 0.3) is 0 Å². The first-order chi connectivity index (χ1) is 9.63. The summed E-state index contributed by atoms with van der Waals surface area (Å²) in [6.45, 7) is 4.63. The van der Waals surface area contributed by atoms with Crippen molar-refractivity contribution in [2.24, 2.45) is 11.8 Å². The van der Waals surface area contributed by atoms with Gasteiger partial charge in [0.05, 0.1) is 6.10 Å². The first-order valence-corrected chi connectivity index (χ1v) is 7.95. The minimum atomic E-state index is 0.280. The van der Waals surface area contributed by atoms with E-state index in [2.05, 4.69) is 13.8 Å². The Kier molecular flexibility index (Phi) is 3.82. The minimum Gasteiger partial charge on any atom is -0.490 e. The van der Waals surface area contributed by atoms with Gasteiger partial charge in [0.2, 0.25) is 0 Å². The molecule has 2 atom stereocenters. The molecule has 0 radical (unpaired) electrons. The predicted molar refractivity (Wildman–Crippen MR) is 80.3 cm³/mol. The zero-order valence-corrected chi connectivity index (χ0v) is 12.5. The number of hydrogen-bond acceptors (Lipinski definition) is 2. The molecule has 2 aliphatic rings. The largest absolute Gasteiger partial charge is 0.490 e. The highest BCUT2D eigenvalue weighted by molar-refractivity contribution is 5.99. The van der Waals surface area contributed by atoms with Crippen LogP contribution in [0.5, 0.6) is 5.75 Å². The summed E-state index contributed by atoms with van der Waals surface area (Å²) >= 11 is 0.